The van der Waals surface area contributed by atoms with Crippen molar-refractivity contribution in [1.29, 1.82) is 0 Å². The van der Waals surface area contributed by atoms with Gasteiger partial charge >= 0.3 is 0 Å². The summed E-state index contributed by atoms with van der Waals surface area (Å²) >= 11 is 0. The summed E-state index contributed by atoms with van der Waals surface area (Å²) in [5, 5.41) is 3.32. The average molecular weight is 377 g/mol. The molecule has 0 radical (unpaired) electrons. The van der Waals surface area contributed by atoms with E-state index in [1.165, 1.54) is 0 Å². The summed E-state index contributed by atoms with van der Waals surface area (Å²) in [6, 6.07) is 11.7. The Morgan fingerprint density at radius 1 is 0.929 bits per heavy atom. The maximum Gasteiger partial charge on any atom is 0.225 e. The summed E-state index contributed by atoms with van der Waals surface area (Å²) in [5.74, 6) is 3.32. The van der Waals surface area contributed by atoms with Crippen LogP contribution in [0.25, 0.3) is 0 Å². The summed E-state index contributed by atoms with van der Waals surface area (Å²) < 4.78 is 5.48. The van der Waals surface area contributed by atoms with Crippen molar-refractivity contribution < 1.29 is 4.74 Å². The molecule has 3 aromatic rings. The minimum absolute atomic E-state index is 0.658. The van der Waals surface area contributed by atoms with Gasteiger partial charge in [0.25, 0.3) is 0 Å². The van der Waals surface area contributed by atoms with E-state index in [1.54, 1.807) is 18.7 Å². The molecule has 1 fully saturated rings. The number of hydrogen-bond acceptors (Lipinski definition) is 8. The normalized spacial score (nSPS) is 14.0. The Hall–Kier alpha value is -3.42. The van der Waals surface area contributed by atoms with Crippen LogP contribution in [0.4, 0.5) is 23.3 Å². The van der Waals surface area contributed by atoms with Gasteiger partial charge in [-0.05, 0) is 37.3 Å². The second-order valence-electron chi connectivity index (χ2n) is 6.37. The van der Waals surface area contributed by atoms with E-state index < -0.39 is 0 Å². The molecule has 3 heterocycles. The molecule has 0 bridgehead atoms. The predicted molar refractivity (Wildman–Crippen MR) is 109 cm³/mol. The third kappa shape index (κ3) is 4.28. The molecule has 1 aliphatic rings. The quantitative estimate of drug-likeness (QED) is 0.702. The zero-order chi connectivity index (χ0) is 19.2. The van der Waals surface area contributed by atoms with Gasteiger partial charge in [0, 0.05) is 50.3 Å². The Balaban J connectivity index is 1.39. The van der Waals surface area contributed by atoms with E-state index >= 15 is 0 Å². The van der Waals surface area contributed by atoms with Crippen molar-refractivity contribution in [1.82, 2.24) is 19.9 Å². The fourth-order valence-electron chi connectivity index (χ4n) is 3.13. The number of aromatic nitrogens is 4. The molecule has 1 N–H and O–H groups in total. The fraction of sp³-hybridized carbons (Fsp3) is 0.300. The molecule has 2 aromatic heterocycles. The molecule has 0 aliphatic carbocycles. The van der Waals surface area contributed by atoms with Crippen LogP contribution in [-0.2, 0) is 0 Å². The molecule has 144 valence electrons. The smallest absolute Gasteiger partial charge is 0.225 e. The van der Waals surface area contributed by atoms with Crippen molar-refractivity contribution in [3.8, 4) is 5.75 Å². The van der Waals surface area contributed by atoms with Crippen molar-refractivity contribution in [2.75, 3.05) is 47.9 Å². The second kappa shape index (κ2) is 8.51. The Morgan fingerprint density at radius 2 is 1.64 bits per heavy atom. The molecule has 0 unspecified atom stereocenters. The first-order valence-electron chi connectivity index (χ1n) is 9.40. The van der Waals surface area contributed by atoms with Crippen molar-refractivity contribution in [3.63, 3.8) is 0 Å². The number of nitrogens with one attached hydrogen (secondary N) is 1. The zero-order valence-corrected chi connectivity index (χ0v) is 15.8. The lowest BCUT2D eigenvalue weighted by Crippen LogP contribution is -2.47. The van der Waals surface area contributed by atoms with Gasteiger partial charge < -0.3 is 19.9 Å². The van der Waals surface area contributed by atoms with Gasteiger partial charge in [-0.15, -0.1) is 0 Å². The maximum absolute atomic E-state index is 5.48. The highest BCUT2D eigenvalue weighted by Crippen LogP contribution is 2.22. The third-order valence-corrected chi connectivity index (χ3v) is 4.53. The first kappa shape index (κ1) is 18.0. The standard InChI is InChI=1S/C20H23N7O/c1-2-28-17-6-4-16(5-7-17)25-18-14-19(24-15-23-18)26-10-12-27(13-11-26)20-21-8-3-9-22-20/h3-9,14-15H,2,10-13H2,1H3,(H,23,24,25). The van der Waals surface area contributed by atoms with Crippen LogP contribution in [0.5, 0.6) is 5.75 Å². The van der Waals surface area contributed by atoms with Crippen molar-refractivity contribution in [3.05, 3.63) is 55.1 Å². The van der Waals surface area contributed by atoms with Gasteiger partial charge in [0.15, 0.2) is 0 Å². The first-order valence-corrected chi connectivity index (χ1v) is 9.40. The summed E-state index contributed by atoms with van der Waals surface area (Å²) in [7, 11) is 0. The van der Waals surface area contributed by atoms with E-state index in [2.05, 4.69) is 35.1 Å². The van der Waals surface area contributed by atoms with Gasteiger partial charge in [0.05, 0.1) is 6.61 Å². The van der Waals surface area contributed by atoms with Gasteiger partial charge in [-0.1, -0.05) is 0 Å². The third-order valence-electron chi connectivity index (χ3n) is 4.53. The molecule has 0 spiro atoms. The van der Waals surface area contributed by atoms with Gasteiger partial charge in [-0.2, -0.15) is 0 Å². The molecular formula is C20H23N7O. The second-order valence-corrected chi connectivity index (χ2v) is 6.37. The number of piperazine rings is 1. The molecule has 0 saturated carbocycles. The highest BCUT2D eigenvalue weighted by atomic mass is 16.5. The minimum Gasteiger partial charge on any atom is -0.494 e. The summed E-state index contributed by atoms with van der Waals surface area (Å²) in [4.78, 5) is 21.9. The van der Waals surface area contributed by atoms with Gasteiger partial charge in [0.2, 0.25) is 5.95 Å². The number of anilines is 4. The van der Waals surface area contributed by atoms with Crippen molar-refractivity contribution >= 4 is 23.3 Å². The highest BCUT2D eigenvalue weighted by molar-refractivity contribution is 5.60. The molecule has 8 heteroatoms. The van der Waals surface area contributed by atoms with Crippen LogP contribution in [0.15, 0.2) is 55.1 Å². The van der Waals surface area contributed by atoms with E-state index in [1.807, 2.05) is 43.3 Å². The number of nitrogens with zero attached hydrogens (tertiary/aromatic N) is 6. The van der Waals surface area contributed by atoms with E-state index in [4.69, 9.17) is 4.74 Å². The van der Waals surface area contributed by atoms with Crippen LogP contribution >= 0.6 is 0 Å². The Kier molecular flexibility index (Phi) is 5.46. The number of rotatable bonds is 6. The number of ether oxygens (including phenoxy) is 1. The van der Waals surface area contributed by atoms with Crippen LogP contribution in [0.3, 0.4) is 0 Å². The van der Waals surface area contributed by atoms with Crippen LogP contribution in [0, 0.1) is 0 Å². The monoisotopic (exact) mass is 377 g/mol. The zero-order valence-electron chi connectivity index (χ0n) is 15.8. The van der Waals surface area contributed by atoms with E-state index in [0.717, 1.165) is 55.2 Å². The van der Waals surface area contributed by atoms with Gasteiger partial charge in [0.1, 0.15) is 23.7 Å². The highest BCUT2D eigenvalue weighted by Gasteiger charge is 2.20. The van der Waals surface area contributed by atoms with Gasteiger partial charge in [-0.3, -0.25) is 0 Å². The molecule has 28 heavy (non-hydrogen) atoms. The Morgan fingerprint density at radius 3 is 2.36 bits per heavy atom. The molecule has 0 atom stereocenters. The molecule has 8 nitrogen and oxygen atoms in total. The minimum atomic E-state index is 0.658. The van der Waals surface area contributed by atoms with Crippen LogP contribution < -0.4 is 19.9 Å². The van der Waals surface area contributed by atoms with E-state index in [-0.39, 0.29) is 0 Å². The van der Waals surface area contributed by atoms with Crippen LogP contribution in [0.2, 0.25) is 0 Å². The molecule has 1 aliphatic heterocycles. The number of hydrogen-bond donors (Lipinski definition) is 1. The topological polar surface area (TPSA) is 79.3 Å². The molecule has 4 rings (SSSR count). The Labute approximate surface area is 164 Å². The first-order chi connectivity index (χ1) is 13.8. The molecule has 1 saturated heterocycles. The lowest BCUT2D eigenvalue weighted by molar-refractivity contribution is 0.340. The summed E-state index contributed by atoms with van der Waals surface area (Å²) in [6.07, 6.45) is 5.15. The summed E-state index contributed by atoms with van der Waals surface area (Å²) in [6.45, 7) is 6.06. The van der Waals surface area contributed by atoms with Crippen molar-refractivity contribution in [2.45, 2.75) is 6.92 Å². The largest absolute Gasteiger partial charge is 0.494 e. The Bertz CT molecular complexity index is 881. The lowest BCUT2D eigenvalue weighted by atomic mass is 10.3. The van der Waals surface area contributed by atoms with Crippen molar-refractivity contribution in [2.24, 2.45) is 0 Å². The van der Waals surface area contributed by atoms with Crippen LogP contribution in [0.1, 0.15) is 6.92 Å². The SMILES string of the molecule is CCOc1ccc(Nc2cc(N3CCN(c4ncccn4)CC3)ncn2)cc1. The van der Waals surface area contributed by atoms with E-state index in [9.17, 15) is 0 Å². The molecule has 0 amide bonds. The number of benzene rings is 1. The summed E-state index contributed by atoms with van der Waals surface area (Å²) in [5.41, 5.74) is 0.958. The van der Waals surface area contributed by atoms with Crippen LogP contribution in [-0.4, -0.2) is 52.7 Å². The van der Waals surface area contributed by atoms with E-state index in [0.29, 0.717) is 6.61 Å². The molecular weight excluding hydrogens is 354 g/mol. The average Bonchev–Trinajstić information content (AvgIpc) is 2.76. The van der Waals surface area contributed by atoms with Gasteiger partial charge in [-0.25, -0.2) is 19.9 Å². The maximum atomic E-state index is 5.48. The molecule has 1 aromatic carbocycles. The predicted octanol–water partition coefficient (Wildman–Crippen LogP) is 2.74. The fourth-order valence-corrected chi connectivity index (χ4v) is 3.13. The lowest BCUT2D eigenvalue weighted by Gasteiger charge is -2.35.